The second-order valence-electron chi connectivity index (χ2n) is 9.14. The van der Waals surface area contributed by atoms with E-state index in [1.807, 2.05) is 13.1 Å². The van der Waals surface area contributed by atoms with Crippen LogP contribution in [0, 0.1) is 6.92 Å². The van der Waals surface area contributed by atoms with Crippen LogP contribution in [0.2, 0.25) is 0 Å². The zero-order valence-electron chi connectivity index (χ0n) is 18.5. The van der Waals surface area contributed by atoms with E-state index in [4.69, 9.17) is 0 Å². The van der Waals surface area contributed by atoms with Crippen molar-refractivity contribution in [3.63, 3.8) is 0 Å². The van der Waals surface area contributed by atoms with Crippen molar-refractivity contribution in [3.05, 3.63) is 88.5 Å². The number of benzene rings is 2. The average molecular weight is 414 g/mol. The van der Waals surface area contributed by atoms with Gasteiger partial charge < -0.3 is 10.0 Å². The molecule has 31 heavy (non-hydrogen) atoms. The largest absolute Gasteiger partial charge is 0.385 e. The first-order chi connectivity index (χ1) is 15.1. The molecule has 0 spiro atoms. The second kappa shape index (κ2) is 8.08. The number of aryl methyl sites for hydroxylation is 1. The lowest BCUT2D eigenvalue weighted by Crippen LogP contribution is -2.35. The third kappa shape index (κ3) is 3.63. The standard InChI is InChI=1S/C27H31N3O/c1-3-25(31)26-28-17-20-13-16-30(18-24(20)29-26)23-11-9-22(10-12-23)27(14-4-15-27)21-7-5-19(2)6-8-21/h5-12,17,25,31H,3-4,13-16,18H2,1-2H3. The summed E-state index contributed by atoms with van der Waals surface area (Å²) in [7, 11) is 0. The lowest BCUT2D eigenvalue weighted by molar-refractivity contribution is 0.163. The molecule has 0 amide bonds. The third-order valence-corrected chi connectivity index (χ3v) is 7.25. The Hall–Kier alpha value is -2.72. The molecule has 0 radical (unpaired) electrons. The molecular formula is C27H31N3O. The molecule has 2 aliphatic rings. The molecular weight excluding hydrogens is 382 g/mol. The van der Waals surface area contributed by atoms with Crippen LogP contribution in [0.3, 0.4) is 0 Å². The Morgan fingerprint density at radius 1 is 1.03 bits per heavy atom. The summed E-state index contributed by atoms with van der Waals surface area (Å²) in [6, 6.07) is 18.3. The minimum atomic E-state index is -0.583. The summed E-state index contributed by atoms with van der Waals surface area (Å²) in [5.41, 5.74) is 7.86. The van der Waals surface area contributed by atoms with Crippen LogP contribution in [0.5, 0.6) is 0 Å². The van der Waals surface area contributed by atoms with Gasteiger partial charge in [0.1, 0.15) is 6.10 Å². The van der Waals surface area contributed by atoms with Gasteiger partial charge in [-0.05, 0) is 61.4 Å². The number of aliphatic hydroxyl groups is 1. The molecule has 1 unspecified atom stereocenters. The number of aliphatic hydroxyl groups excluding tert-OH is 1. The maximum atomic E-state index is 10.1. The highest BCUT2D eigenvalue weighted by atomic mass is 16.3. The zero-order chi connectivity index (χ0) is 21.4. The molecule has 2 aromatic carbocycles. The third-order valence-electron chi connectivity index (χ3n) is 7.25. The molecule has 1 aliphatic heterocycles. The van der Waals surface area contributed by atoms with E-state index in [0.717, 1.165) is 25.2 Å². The van der Waals surface area contributed by atoms with Crippen molar-refractivity contribution in [1.29, 1.82) is 0 Å². The van der Waals surface area contributed by atoms with E-state index in [1.54, 1.807) is 0 Å². The Morgan fingerprint density at radius 2 is 1.71 bits per heavy atom. The molecule has 0 saturated heterocycles. The van der Waals surface area contributed by atoms with Gasteiger partial charge in [-0.15, -0.1) is 0 Å². The van der Waals surface area contributed by atoms with Gasteiger partial charge in [0, 0.05) is 23.8 Å². The highest BCUT2D eigenvalue weighted by molar-refractivity contribution is 5.53. The van der Waals surface area contributed by atoms with E-state index in [1.165, 1.54) is 47.2 Å². The molecule has 160 valence electrons. The van der Waals surface area contributed by atoms with Crippen molar-refractivity contribution in [2.45, 2.75) is 64.0 Å². The van der Waals surface area contributed by atoms with E-state index in [0.29, 0.717) is 12.2 Å². The summed E-state index contributed by atoms with van der Waals surface area (Å²) in [6.07, 6.45) is 6.64. The quantitative estimate of drug-likeness (QED) is 0.620. The van der Waals surface area contributed by atoms with Crippen molar-refractivity contribution in [3.8, 4) is 0 Å². The van der Waals surface area contributed by atoms with Gasteiger partial charge in [0.05, 0.1) is 12.2 Å². The Balaban J connectivity index is 1.38. The van der Waals surface area contributed by atoms with E-state index < -0.39 is 6.10 Å². The molecule has 3 aromatic rings. The zero-order valence-corrected chi connectivity index (χ0v) is 18.5. The molecule has 5 rings (SSSR count). The van der Waals surface area contributed by atoms with E-state index >= 15 is 0 Å². The number of fused-ring (bicyclic) bond motifs is 1. The summed E-state index contributed by atoms with van der Waals surface area (Å²) in [4.78, 5) is 11.4. The Labute approximate surface area is 185 Å². The fourth-order valence-corrected chi connectivity index (χ4v) is 5.02. The number of hydrogen-bond donors (Lipinski definition) is 1. The minimum Gasteiger partial charge on any atom is -0.385 e. The van der Waals surface area contributed by atoms with Gasteiger partial charge in [0.15, 0.2) is 5.82 Å². The Morgan fingerprint density at radius 3 is 2.32 bits per heavy atom. The molecule has 2 heterocycles. The minimum absolute atomic E-state index is 0.180. The number of anilines is 1. The summed E-state index contributed by atoms with van der Waals surface area (Å²) in [5, 5.41) is 10.1. The predicted octanol–water partition coefficient (Wildman–Crippen LogP) is 5.26. The normalized spacial score (nSPS) is 18.2. The predicted molar refractivity (Wildman–Crippen MR) is 124 cm³/mol. The first-order valence-electron chi connectivity index (χ1n) is 11.5. The summed E-state index contributed by atoms with van der Waals surface area (Å²) in [6.45, 7) is 5.84. The van der Waals surface area contributed by atoms with Gasteiger partial charge in [-0.2, -0.15) is 0 Å². The molecule has 1 saturated carbocycles. The molecule has 1 fully saturated rings. The van der Waals surface area contributed by atoms with Crippen LogP contribution in [0.4, 0.5) is 5.69 Å². The van der Waals surface area contributed by atoms with Crippen molar-refractivity contribution in [1.82, 2.24) is 9.97 Å². The molecule has 1 N–H and O–H groups in total. The van der Waals surface area contributed by atoms with Gasteiger partial charge in [-0.25, -0.2) is 9.97 Å². The van der Waals surface area contributed by atoms with Crippen molar-refractivity contribution in [2.75, 3.05) is 11.4 Å². The average Bonchev–Trinajstić information content (AvgIpc) is 2.79. The van der Waals surface area contributed by atoms with Crippen molar-refractivity contribution >= 4 is 5.69 Å². The van der Waals surface area contributed by atoms with Gasteiger partial charge in [-0.3, -0.25) is 0 Å². The first-order valence-corrected chi connectivity index (χ1v) is 11.5. The molecule has 0 bridgehead atoms. The van der Waals surface area contributed by atoms with E-state index in [2.05, 4.69) is 70.3 Å². The van der Waals surface area contributed by atoms with Gasteiger partial charge in [-0.1, -0.05) is 55.3 Å². The number of nitrogens with zero attached hydrogens (tertiary/aromatic N) is 3. The highest BCUT2D eigenvalue weighted by Gasteiger charge is 2.40. The van der Waals surface area contributed by atoms with Gasteiger partial charge in [0.2, 0.25) is 0 Å². The second-order valence-corrected chi connectivity index (χ2v) is 9.14. The topological polar surface area (TPSA) is 49.3 Å². The highest BCUT2D eigenvalue weighted by Crippen LogP contribution is 2.49. The van der Waals surface area contributed by atoms with Crippen LogP contribution in [0.25, 0.3) is 0 Å². The molecule has 1 aliphatic carbocycles. The van der Waals surface area contributed by atoms with Crippen LogP contribution in [-0.4, -0.2) is 21.6 Å². The van der Waals surface area contributed by atoms with E-state index in [9.17, 15) is 5.11 Å². The van der Waals surface area contributed by atoms with E-state index in [-0.39, 0.29) is 5.41 Å². The Bertz CT molecular complexity index is 1050. The van der Waals surface area contributed by atoms with Crippen LogP contribution in [-0.2, 0) is 18.4 Å². The summed E-state index contributed by atoms with van der Waals surface area (Å²) < 4.78 is 0. The fourth-order valence-electron chi connectivity index (χ4n) is 5.02. The lowest BCUT2D eigenvalue weighted by atomic mass is 9.60. The van der Waals surface area contributed by atoms with Crippen molar-refractivity contribution in [2.24, 2.45) is 0 Å². The van der Waals surface area contributed by atoms with Crippen LogP contribution >= 0.6 is 0 Å². The van der Waals surface area contributed by atoms with Crippen molar-refractivity contribution < 1.29 is 5.11 Å². The summed E-state index contributed by atoms with van der Waals surface area (Å²) >= 11 is 0. The maximum absolute atomic E-state index is 10.1. The van der Waals surface area contributed by atoms with Crippen LogP contribution < -0.4 is 4.90 Å². The Kier molecular flexibility index (Phi) is 5.27. The van der Waals surface area contributed by atoms with Crippen LogP contribution in [0.15, 0.2) is 54.7 Å². The number of hydrogen-bond acceptors (Lipinski definition) is 4. The lowest BCUT2D eigenvalue weighted by Gasteiger charge is -2.43. The molecule has 1 atom stereocenters. The van der Waals surface area contributed by atoms with Crippen LogP contribution in [0.1, 0.15) is 72.5 Å². The number of rotatable bonds is 5. The first kappa shape index (κ1) is 20.2. The fraction of sp³-hybridized carbons (Fsp3) is 0.407. The maximum Gasteiger partial charge on any atom is 0.157 e. The van der Waals surface area contributed by atoms with Gasteiger partial charge >= 0.3 is 0 Å². The summed E-state index contributed by atoms with van der Waals surface area (Å²) in [5.74, 6) is 0.545. The van der Waals surface area contributed by atoms with Gasteiger partial charge in [0.25, 0.3) is 0 Å². The SMILES string of the molecule is CCC(O)c1ncc2c(n1)CN(c1ccc(C3(c4ccc(C)cc4)CCC3)cc1)CC2. The monoisotopic (exact) mass is 413 g/mol. The molecule has 1 aromatic heterocycles. The smallest absolute Gasteiger partial charge is 0.157 e. The number of aromatic nitrogens is 2. The molecule has 4 heteroatoms. The molecule has 4 nitrogen and oxygen atoms in total.